The lowest BCUT2D eigenvalue weighted by Gasteiger charge is -2.20. The second kappa shape index (κ2) is 8.91. The molecule has 1 N–H and O–H groups in total. The maximum Gasteiger partial charge on any atom is 0.239 e. The van der Waals surface area contributed by atoms with E-state index in [1.165, 1.54) is 4.90 Å². The second-order valence-electron chi connectivity index (χ2n) is 5.86. The highest BCUT2D eigenvalue weighted by Crippen LogP contribution is 2.13. The Balaban J connectivity index is 1.88. The van der Waals surface area contributed by atoms with Gasteiger partial charge in [-0.1, -0.05) is 11.2 Å². The molecule has 0 aliphatic heterocycles. The van der Waals surface area contributed by atoms with Crippen LogP contribution in [0.25, 0.3) is 11.5 Å². The van der Waals surface area contributed by atoms with E-state index in [1.54, 1.807) is 18.3 Å². The van der Waals surface area contributed by atoms with Gasteiger partial charge in [-0.15, -0.1) is 0 Å². The van der Waals surface area contributed by atoms with Gasteiger partial charge in [0.05, 0.1) is 6.54 Å². The third-order valence-electron chi connectivity index (χ3n) is 3.43. The number of carbonyl (C=O) groups is 2. The molecule has 0 aromatic carbocycles. The van der Waals surface area contributed by atoms with Gasteiger partial charge in [0, 0.05) is 31.6 Å². The lowest BCUT2D eigenvalue weighted by Crippen LogP contribution is -2.42. The van der Waals surface area contributed by atoms with Crippen LogP contribution < -0.4 is 5.32 Å². The lowest BCUT2D eigenvalue weighted by atomic mass is 10.2. The van der Waals surface area contributed by atoms with E-state index in [2.05, 4.69) is 20.4 Å². The zero-order chi connectivity index (χ0) is 18.2. The number of hydrogen-bond acceptors (Lipinski definition) is 6. The summed E-state index contributed by atoms with van der Waals surface area (Å²) in [6.45, 7) is 6.12. The molecule has 2 rings (SSSR count). The fourth-order valence-electron chi connectivity index (χ4n) is 2.24. The predicted molar refractivity (Wildman–Crippen MR) is 91.4 cm³/mol. The van der Waals surface area contributed by atoms with Crippen molar-refractivity contribution in [3.8, 4) is 11.5 Å². The first-order valence-electron chi connectivity index (χ1n) is 8.30. The first kappa shape index (κ1) is 18.6. The zero-order valence-corrected chi connectivity index (χ0v) is 14.7. The minimum atomic E-state index is -0.166. The number of aromatic nitrogens is 3. The molecule has 0 saturated heterocycles. The summed E-state index contributed by atoms with van der Waals surface area (Å²) in [7, 11) is 0. The number of nitrogens with zero attached hydrogens (tertiary/aromatic N) is 4. The minimum absolute atomic E-state index is 0.0460. The van der Waals surface area contributed by atoms with Gasteiger partial charge in [0.15, 0.2) is 0 Å². The smallest absolute Gasteiger partial charge is 0.239 e. The average Bonchev–Trinajstić information content (AvgIpc) is 3.06. The third-order valence-corrected chi connectivity index (χ3v) is 3.43. The predicted octanol–water partition coefficient (Wildman–Crippen LogP) is 1.44. The number of nitrogens with one attached hydrogen (secondary N) is 1. The highest BCUT2D eigenvalue weighted by atomic mass is 16.5. The Hall–Kier alpha value is -2.77. The van der Waals surface area contributed by atoms with Crippen LogP contribution in [0.4, 0.5) is 0 Å². The van der Waals surface area contributed by atoms with Crippen molar-refractivity contribution in [2.75, 3.05) is 13.1 Å². The Morgan fingerprint density at radius 3 is 2.76 bits per heavy atom. The average molecular weight is 345 g/mol. The number of likely N-dealkylation sites (N-methyl/N-ethyl adjacent to an activating group) is 1. The summed E-state index contributed by atoms with van der Waals surface area (Å²) in [6, 6.07) is 5.47. The van der Waals surface area contributed by atoms with Crippen LogP contribution in [-0.2, 0) is 16.0 Å². The van der Waals surface area contributed by atoms with Crippen molar-refractivity contribution in [1.29, 1.82) is 0 Å². The molecular weight excluding hydrogens is 322 g/mol. The fourth-order valence-corrected chi connectivity index (χ4v) is 2.24. The number of aryl methyl sites for hydroxylation is 1. The number of carbonyl (C=O) groups excluding carboxylic acids is 2. The van der Waals surface area contributed by atoms with E-state index in [4.69, 9.17) is 4.52 Å². The minimum Gasteiger partial charge on any atom is -0.352 e. The molecule has 25 heavy (non-hydrogen) atoms. The highest BCUT2D eigenvalue weighted by Gasteiger charge is 2.17. The summed E-state index contributed by atoms with van der Waals surface area (Å²) >= 11 is 0. The van der Waals surface area contributed by atoms with Gasteiger partial charge >= 0.3 is 0 Å². The van der Waals surface area contributed by atoms with Crippen LogP contribution in [0.5, 0.6) is 0 Å². The molecule has 0 aliphatic carbocycles. The SMILES string of the molecule is CCN(CC(=O)NC(C)C)C(=O)CCc1nc(-c2ccccn2)no1. The molecule has 8 heteroatoms. The largest absolute Gasteiger partial charge is 0.352 e. The van der Waals surface area contributed by atoms with Gasteiger partial charge in [0.2, 0.25) is 23.5 Å². The van der Waals surface area contributed by atoms with Crippen LogP contribution in [0, 0.1) is 0 Å². The van der Waals surface area contributed by atoms with Crippen molar-refractivity contribution in [3.05, 3.63) is 30.3 Å². The zero-order valence-electron chi connectivity index (χ0n) is 14.7. The Kier molecular flexibility index (Phi) is 6.62. The topological polar surface area (TPSA) is 101 Å². The van der Waals surface area contributed by atoms with Crippen molar-refractivity contribution in [1.82, 2.24) is 25.3 Å². The molecule has 0 aliphatic rings. The van der Waals surface area contributed by atoms with Crippen LogP contribution in [-0.4, -0.2) is 51.0 Å². The molecule has 0 atom stereocenters. The van der Waals surface area contributed by atoms with Gasteiger partial charge in [-0.3, -0.25) is 14.6 Å². The first-order chi connectivity index (χ1) is 12.0. The first-order valence-corrected chi connectivity index (χ1v) is 8.30. The summed E-state index contributed by atoms with van der Waals surface area (Å²) < 4.78 is 5.17. The van der Waals surface area contributed by atoms with Gasteiger partial charge in [-0.2, -0.15) is 4.98 Å². The van der Waals surface area contributed by atoms with Crippen molar-refractivity contribution in [2.45, 2.75) is 39.7 Å². The molecular formula is C17H23N5O3. The van der Waals surface area contributed by atoms with E-state index < -0.39 is 0 Å². The molecule has 0 unspecified atom stereocenters. The van der Waals surface area contributed by atoms with Crippen LogP contribution in [0.2, 0.25) is 0 Å². The van der Waals surface area contributed by atoms with Gasteiger partial charge in [0.1, 0.15) is 5.69 Å². The maximum absolute atomic E-state index is 12.3. The second-order valence-corrected chi connectivity index (χ2v) is 5.86. The Morgan fingerprint density at radius 1 is 1.32 bits per heavy atom. The molecule has 2 aromatic heterocycles. The van der Waals surface area contributed by atoms with Crippen molar-refractivity contribution < 1.29 is 14.1 Å². The summed E-state index contributed by atoms with van der Waals surface area (Å²) in [5.74, 6) is 0.475. The van der Waals surface area contributed by atoms with Crippen LogP contribution in [0.1, 0.15) is 33.1 Å². The number of hydrogen-bond donors (Lipinski definition) is 1. The molecule has 134 valence electrons. The van der Waals surface area contributed by atoms with Gasteiger partial charge in [0.25, 0.3) is 0 Å². The summed E-state index contributed by atoms with van der Waals surface area (Å²) in [4.78, 5) is 34.0. The molecule has 0 spiro atoms. The Morgan fingerprint density at radius 2 is 2.12 bits per heavy atom. The number of amides is 2. The molecule has 0 bridgehead atoms. The molecule has 2 heterocycles. The van der Waals surface area contributed by atoms with Crippen molar-refractivity contribution >= 4 is 11.8 Å². The van der Waals surface area contributed by atoms with Crippen LogP contribution in [0.3, 0.4) is 0 Å². The monoisotopic (exact) mass is 345 g/mol. The highest BCUT2D eigenvalue weighted by molar-refractivity contribution is 5.84. The molecule has 2 aromatic rings. The molecule has 0 radical (unpaired) electrons. The molecule has 0 fully saturated rings. The van der Waals surface area contributed by atoms with Crippen LogP contribution in [0.15, 0.2) is 28.9 Å². The van der Waals surface area contributed by atoms with Gasteiger partial charge in [-0.05, 0) is 32.9 Å². The summed E-state index contributed by atoms with van der Waals surface area (Å²) in [6.07, 6.45) is 2.17. The maximum atomic E-state index is 12.3. The van der Waals surface area contributed by atoms with Crippen molar-refractivity contribution in [2.24, 2.45) is 0 Å². The third kappa shape index (κ3) is 5.66. The summed E-state index contributed by atoms with van der Waals surface area (Å²) in [5.41, 5.74) is 0.615. The Bertz CT molecular complexity index is 699. The van der Waals surface area contributed by atoms with Gasteiger partial charge in [-0.25, -0.2) is 0 Å². The van der Waals surface area contributed by atoms with E-state index in [0.29, 0.717) is 30.4 Å². The Labute approximate surface area is 146 Å². The molecule has 2 amide bonds. The molecule has 8 nitrogen and oxygen atoms in total. The standard InChI is InChI=1S/C17H23N5O3/c1-4-22(11-14(23)19-12(2)3)16(24)9-8-15-20-17(21-25-15)13-7-5-6-10-18-13/h5-7,10,12H,4,8-9,11H2,1-3H3,(H,19,23). The van der Waals surface area contributed by atoms with E-state index in [0.717, 1.165) is 0 Å². The van der Waals surface area contributed by atoms with Crippen molar-refractivity contribution in [3.63, 3.8) is 0 Å². The number of pyridine rings is 1. The normalized spacial score (nSPS) is 10.7. The van der Waals surface area contributed by atoms with E-state index in [1.807, 2.05) is 26.8 Å². The van der Waals surface area contributed by atoms with E-state index >= 15 is 0 Å². The summed E-state index contributed by atoms with van der Waals surface area (Å²) in [5, 5.41) is 6.65. The van der Waals surface area contributed by atoms with E-state index in [-0.39, 0.29) is 30.8 Å². The van der Waals surface area contributed by atoms with Crippen LogP contribution >= 0.6 is 0 Å². The molecule has 0 saturated carbocycles. The van der Waals surface area contributed by atoms with E-state index in [9.17, 15) is 9.59 Å². The quantitative estimate of drug-likeness (QED) is 0.777. The fraction of sp³-hybridized carbons (Fsp3) is 0.471. The lowest BCUT2D eigenvalue weighted by molar-refractivity contribution is -0.136. The van der Waals surface area contributed by atoms with Gasteiger partial charge < -0.3 is 14.7 Å². The number of rotatable bonds is 8.